The molecule has 156 valence electrons. The van der Waals surface area contributed by atoms with Crippen molar-refractivity contribution in [3.63, 3.8) is 0 Å². The van der Waals surface area contributed by atoms with Gasteiger partial charge in [-0.05, 0) is 48.7 Å². The Hall–Kier alpha value is -2.96. The lowest BCUT2D eigenvalue weighted by Crippen LogP contribution is -2.32. The van der Waals surface area contributed by atoms with E-state index in [1.54, 1.807) is 12.1 Å². The molecule has 0 aliphatic heterocycles. The highest BCUT2D eigenvalue weighted by Crippen LogP contribution is 2.26. The molecular formula is C24H26N2O3S. The zero-order chi connectivity index (χ0) is 21.6. The van der Waals surface area contributed by atoms with E-state index in [9.17, 15) is 13.2 Å². The van der Waals surface area contributed by atoms with Gasteiger partial charge in [0.15, 0.2) is 0 Å². The van der Waals surface area contributed by atoms with Crippen molar-refractivity contribution >= 4 is 21.6 Å². The highest BCUT2D eigenvalue weighted by Gasteiger charge is 2.23. The van der Waals surface area contributed by atoms with Gasteiger partial charge in [0.05, 0.1) is 10.8 Å². The number of hydrogen-bond donors (Lipinski definition) is 2. The maximum absolute atomic E-state index is 13.1. The Morgan fingerprint density at radius 3 is 1.80 bits per heavy atom. The van der Waals surface area contributed by atoms with Gasteiger partial charge in [0.25, 0.3) is 0 Å². The number of nitrogens with one attached hydrogen (secondary N) is 2. The van der Waals surface area contributed by atoms with Gasteiger partial charge in [-0.3, -0.25) is 4.79 Å². The predicted octanol–water partition coefficient (Wildman–Crippen LogP) is 4.53. The summed E-state index contributed by atoms with van der Waals surface area (Å²) in [7, 11) is -3.58. The SMILES string of the molecule is CC[C@H](C)NS(=O)(=O)c1ccc(NC(=O)C(c2ccccc2)c2ccccc2)cc1. The summed E-state index contributed by atoms with van der Waals surface area (Å²) in [5, 5.41) is 2.92. The molecule has 0 heterocycles. The number of benzene rings is 3. The fourth-order valence-electron chi connectivity index (χ4n) is 3.13. The Balaban J connectivity index is 1.81. The van der Waals surface area contributed by atoms with Crippen LogP contribution in [0, 0.1) is 0 Å². The smallest absolute Gasteiger partial charge is 0.240 e. The maximum atomic E-state index is 13.1. The lowest BCUT2D eigenvalue weighted by atomic mass is 9.90. The minimum Gasteiger partial charge on any atom is -0.325 e. The monoisotopic (exact) mass is 422 g/mol. The molecule has 0 aliphatic carbocycles. The first kappa shape index (κ1) is 21.7. The van der Waals surface area contributed by atoms with Crippen LogP contribution in [0.4, 0.5) is 5.69 Å². The molecule has 0 fully saturated rings. The van der Waals surface area contributed by atoms with Crippen LogP contribution in [-0.2, 0) is 14.8 Å². The molecule has 3 aromatic carbocycles. The first-order valence-corrected chi connectivity index (χ1v) is 11.4. The Labute approximate surface area is 178 Å². The molecule has 0 aliphatic rings. The van der Waals surface area contributed by atoms with Crippen molar-refractivity contribution < 1.29 is 13.2 Å². The van der Waals surface area contributed by atoms with Crippen LogP contribution in [0.3, 0.4) is 0 Å². The second-order valence-electron chi connectivity index (χ2n) is 7.20. The third kappa shape index (κ3) is 5.34. The van der Waals surface area contributed by atoms with E-state index < -0.39 is 15.9 Å². The van der Waals surface area contributed by atoms with Gasteiger partial charge >= 0.3 is 0 Å². The Kier molecular flexibility index (Phi) is 7.03. The second kappa shape index (κ2) is 9.69. The predicted molar refractivity (Wildman–Crippen MR) is 120 cm³/mol. The zero-order valence-corrected chi connectivity index (χ0v) is 17.9. The topological polar surface area (TPSA) is 75.3 Å². The number of hydrogen-bond acceptors (Lipinski definition) is 3. The first-order chi connectivity index (χ1) is 14.4. The van der Waals surface area contributed by atoms with Crippen LogP contribution < -0.4 is 10.0 Å². The molecule has 6 heteroatoms. The molecule has 5 nitrogen and oxygen atoms in total. The molecular weight excluding hydrogens is 396 g/mol. The van der Waals surface area contributed by atoms with E-state index in [4.69, 9.17) is 0 Å². The van der Waals surface area contributed by atoms with E-state index in [-0.39, 0.29) is 16.8 Å². The molecule has 2 N–H and O–H groups in total. The summed E-state index contributed by atoms with van der Waals surface area (Å²) in [5.41, 5.74) is 2.32. The van der Waals surface area contributed by atoms with Crippen LogP contribution in [-0.4, -0.2) is 20.4 Å². The van der Waals surface area contributed by atoms with Crippen LogP contribution in [0.15, 0.2) is 89.8 Å². The molecule has 0 saturated heterocycles. The van der Waals surface area contributed by atoms with Gasteiger partial charge in [0, 0.05) is 11.7 Å². The van der Waals surface area contributed by atoms with Crippen molar-refractivity contribution in [3.8, 4) is 0 Å². The van der Waals surface area contributed by atoms with Gasteiger partial charge in [-0.1, -0.05) is 67.6 Å². The van der Waals surface area contributed by atoms with Crippen molar-refractivity contribution in [2.75, 3.05) is 5.32 Å². The quantitative estimate of drug-likeness (QED) is 0.560. The average Bonchev–Trinajstić information content (AvgIpc) is 2.75. The number of carbonyl (C=O) groups is 1. The summed E-state index contributed by atoms with van der Waals surface area (Å²) in [6.45, 7) is 3.74. The fourth-order valence-corrected chi connectivity index (χ4v) is 4.46. The number of amides is 1. The Bertz CT molecular complexity index is 1030. The summed E-state index contributed by atoms with van der Waals surface area (Å²) in [4.78, 5) is 13.3. The summed E-state index contributed by atoms with van der Waals surface area (Å²) in [6.07, 6.45) is 0.702. The van der Waals surface area contributed by atoms with Gasteiger partial charge < -0.3 is 5.32 Å². The van der Waals surface area contributed by atoms with Gasteiger partial charge in [0.1, 0.15) is 0 Å². The summed E-state index contributed by atoms with van der Waals surface area (Å²) in [6, 6.07) is 25.2. The van der Waals surface area contributed by atoms with Gasteiger partial charge in [-0.25, -0.2) is 13.1 Å². The minimum atomic E-state index is -3.58. The normalized spacial score (nSPS) is 12.5. The molecule has 1 atom stereocenters. The molecule has 30 heavy (non-hydrogen) atoms. The van der Waals surface area contributed by atoms with Gasteiger partial charge in [-0.15, -0.1) is 0 Å². The highest BCUT2D eigenvalue weighted by molar-refractivity contribution is 7.89. The summed E-state index contributed by atoms with van der Waals surface area (Å²) < 4.78 is 27.5. The number of sulfonamides is 1. The van der Waals surface area contributed by atoms with Gasteiger partial charge in [0.2, 0.25) is 15.9 Å². The molecule has 0 bridgehead atoms. The molecule has 0 radical (unpaired) electrons. The molecule has 3 rings (SSSR count). The lowest BCUT2D eigenvalue weighted by Gasteiger charge is -2.18. The van der Waals surface area contributed by atoms with Crippen molar-refractivity contribution in [3.05, 3.63) is 96.1 Å². The van der Waals surface area contributed by atoms with Crippen LogP contribution >= 0.6 is 0 Å². The fraction of sp³-hybridized carbons (Fsp3) is 0.208. The standard InChI is InChI=1S/C24H26N2O3S/c1-3-18(2)26-30(28,29)22-16-14-21(15-17-22)25-24(27)23(19-10-6-4-7-11-19)20-12-8-5-9-13-20/h4-18,23,26H,3H2,1-2H3,(H,25,27)/t18-/m0/s1. The van der Waals surface area contributed by atoms with E-state index in [1.807, 2.05) is 74.5 Å². The number of anilines is 1. The summed E-state index contributed by atoms with van der Waals surface area (Å²) in [5.74, 6) is -0.649. The van der Waals surface area contributed by atoms with Crippen LogP contribution in [0.5, 0.6) is 0 Å². The van der Waals surface area contributed by atoms with E-state index in [1.165, 1.54) is 12.1 Å². The van der Waals surface area contributed by atoms with Crippen LogP contribution in [0.2, 0.25) is 0 Å². The molecule has 0 unspecified atom stereocenters. The van der Waals surface area contributed by atoms with E-state index >= 15 is 0 Å². The summed E-state index contributed by atoms with van der Waals surface area (Å²) >= 11 is 0. The van der Waals surface area contributed by atoms with Crippen molar-refractivity contribution in [2.45, 2.75) is 37.1 Å². The molecule has 1 amide bonds. The molecule has 0 spiro atoms. The van der Waals surface area contributed by atoms with Crippen molar-refractivity contribution in [1.29, 1.82) is 0 Å². The molecule has 0 saturated carbocycles. The van der Waals surface area contributed by atoms with E-state index in [2.05, 4.69) is 10.0 Å². The largest absolute Gasteiger partial charge is 0.325 e. The van der Waals surface area contributed by atoms with Crippen molar-refractivity contribution in [2.24, 2.45) is 0 Å². The van der Waals surface area contributed by atoms with E-state index in [0.717, 1.165) is 11.1 Å². The maximum Gasteiger partial charge on any atom is 0.240 e. The third-order valence-electron chi connectivity index (χ3n) is 4.93. The van der Waals surface area contributed by atoms with Gasteiger partial charge in [-0.2, -0.15) is 0 Å². The highest BCUT2D eigenvalue weighted by atomic mass is 32.2. The third-order valence-corrected chi connectivity index (χ3v) is 6.53. The van der Waals surface area contributed by atoms with Crippen LogP contribution in [0.25, 0.3) is 0 Å². The van der Waals surface area contributed by atoms with Crippen LogP contribution in [0.1, 0.15) is 37.3 Å². The van der Waals surface area contributed by atoms with Crippen molar-refractivity contribution in [1.82, 2.24) is 4.72 Å². The zero-order valence-electron chi connectivity index (χ0n) is 17.1. The van der Waals surface area contributed by atoms with E-state index in [0.29, 0.717) is 12.1 Å². The lowest BCUT2D eigenvalue weighted by molar-refractivity contribution is -0.116. The second-order valence-corrected chi connectivity index (χ2v) is 8.91. The molecule has 3 aromatic rings. The number of rotatable bonds is 8. The first-order valence-electron chi connectivity index (χ1n) is 9.94. The molecule has 0 aromatic heterocycles. The Morgan fingerprint density at radius 1 is 0.833 bits per heavy atom. The number of carbonyl (C=O) groups excluding carboxylic acids is 1. The average molecular weight is 423 g/mol. The minimum absolute atomic E-state index is 0.146. The Morgan fingerprint density at radius 2 is 1.33 bits per heavy atom.